The van der Waals surface area contributed by atoms with Crippen LogP contribution in [0.1, 0.15) is 26.2 Å². The molecular formula is C14H21FN2OS. The number of rotatable bonds is 6. The number of anilines is 2. The quantitative estimate of drug-likeness (QED) is 0.785. The Morgan fingerprint density at radius 3 is 3.05 bits per heavy atom. The van der Waals surface area contributed by atoms with Crippen LogP contribution < -0.4 is 15.8 Å². The van der Waals surface area contributed by atoms with Gasteiger partial charge in [0.05, 0.1) is 18.0 Å². The van der Waals surface area contributed by atoms with Crippen molar-refractivity contribution >= 4 is 23.1 Å². The number of nitrogen functional groups attached to an aromatic ring is 1. The standard InChI is InChI=1S/C14H21FN2OS/c1-2-5-18-14-8-13(12(16)7-11(14)15)17-9-10-4-3-6-19-10/h7-8,10,17H,2-6,9,16H2,1H3. The van der Waals surface area contributed by atoms with Gasteiger partial charge in [0.1, 0.15) is 0 Å². The van der Waals surface area contributed by atoms with E-state index in [1.54, 1.807) is 6.07 Å². The van der Waals surface area contributed by atoms with E-state index in [0.29, 0.717) is 17.5 Å². The second-order valence-electron chi connectivity index (χ2n) is 4.73. The molecule has 1 fully saturated rings. The Kier molecular flexibility index (Phi) is 5.19. The van der Waals surface area contributed by atoms with E-state index in [9.17, 15) is 4.39 Å². The van der Waals surface area contributed by atoms with E-state index in [-0.39, 0.29) is 5.75 Å². The molecule has 0 aromatic heterocycles. The van der Waals surface area contributed by atoms with Crippen LogP contribution in [0.3, 0.4) is 0 Å². The first-order chi connectivity index (χ1) is 9.20. The van der Waals surface area contributed by atoms with Crippen LogP contribution in [0.15, 0.2) is 12.1 Å². The van der Waals surface area contributed by atoms with Crippen molar-refractivity contribution < 1.29 is 9.13 Å². The van der Waals surface area contributed by atoms with Crippen LogP contribution in [0, 0.1) is 5.82 Å². The minimum atomic E-state index is -0.397. The summed E-state index contributed by atoms with van der Waals surface area (Å²) < 4.78 is 19.0. The van der Waals surface area contributed by atoms with E-state index in [4.69, 9.17) is 10.5 Å². The highest BCUT2D eigenvalue weighted by Crippen LogP contribution is 2.30. The summed E-state index contributed by atoms with van der Waals surface area (Å²) in [4.78, 5) is 0. The van der Waals surface area contributed by atoms with Gasteiger partial charge in [-0.05, 0) is 25.0 Å². The van der Waals surface area contributed by atoms with Gasteiger partial charge in [0, 0.05) is 23.9 Å². The molecule has 0 spiro atoms. The topological polar surface area (TPSA) is 47.3 Å². The van der Waals surface area contributed by atoms with Gasteiger partial charge in [-0.1, -0.05) is 6.92 Å². The molecule has 1 saturated heterocycles. The summed E-state index contributed by atoms with van der Waals surface area (Å²) in [6.45, 7) is 3.37. The zero-order valence-corrected chi connectivity index (χ0v) is 12.1. The Hall–Kier alpha value is -1.10. The number of halogens is 1. The van der Waals surface area contributed by atoms with Gasteiger partial charge in [0.15, 0.2) is 11.6 Å². The number of hydrogen-bond acceptors (Lipinski definition) is 4. The lowest BCUT2D eigenvalue weighted by Crippen LogP contribution is -2.15. The third kappa shape index (κ3) is 3.93. The SMILES string of the molecule is CCCOc1cc(NCC2CCCS2)c(N)cc1F. The van der Waals surface area contributed by atoms with Crippen LogP contribution in [-0.2, 0) is 0 Å². The van der Waals surface area contributed by atoms with Crippen molar-refractivity contribution in [2.24, 2.45) is 0 Å². The maximum atomic E-state index is 13.7. The molecule has 1 aliphatic heterocycles. The van der Waals surface area contributed by atoms with Crippen molar-refractivity contribution in [1.29, 1.82) is 0 Å². The molecule has 1 unspecified atom stereocenters. The van der Waals surface area contributed by atoms with Gasteiger partial charge in [0.25, 0.3) is 0 Å². The molecule has 0 amide bonds. The van der Waals surface area contributed by atoms with Crippen LogP contribution in [-0.4, -0.2) is 24.2 Å². The third-order valence-corrected chi connectivity index (χ3v) is 4.51. The molecule has 5 heteroatoms. The lowest BCUT2D eigenvalue weighted by Gasteiger charge is -2.15. The number of thioether (sulfide) groups is 1. The summed E-state index contributed by atoms with van der Waals surface area (Å²) in [6, 6.07) is 3.00. The molecule has 1 aromatic rings. The molecule has 0 saturated carbocycles. The molecule has 1 heterocycles. The average Bonchev–Trinajstić information content (AvgIpc) is 2.90. The maximum absolute atomic E-state index is 13.7. The van der Waals surface area contributed by atoms with Gasteiger partial charge in [-0.2, -0.15) is 11.8 Å². The highest BCUT2D eigenvalue weighted by molar-refractivity contribution is 8.00. The summed E-state index contributed by atoms with van der Waals surface area (Å²) >= 11 is 1.98. The average molecular weight is 284 g/mol. The van der Waals surface area contributed by atoms with Crippen LogP contribution in [0.4, 0.5) is 15.8 Å². The molecule has 1 atom stereocenters. The largest absolute Gasteiger partial charge is 0.490 e. The van der Waals surface area contributed by atoms with Crippen molar-refractivity contribution in [2.75, 3.05) is 30.0 Å². The zero-order valence-electron chi connectivity index (χ0n) is 11.2. The van der Waals surface area contributed by atoms with Gasteiger partial charge in [-0.15, -0.1) is 0 Å². The van der Waals surface area contributed by atoms with Gasteiger partial charge in [0.2, 0.25) is 0 Å². The second kappa shape index (κ2) is 6.89. The minimum absolute atomic E-state index is 0.276. The van der Waals surface area contributed by atoms with Crippen molar-refractivity contribution in [1.82, 2.24) is 0 Å². The van der Waals surface area contributed by atoms with Crippen LogP contribution in [0.25, 0.3) is 0 Å². The molecule has 19 heavy (non-hydrogen) atoms. The van der Waals surface area contributed by atoms with Crippen molar-refractivity contribution in [3.63, 3.8) is 0 Å². The van der Waals surface area contributed by atoms with E-state index in [1.165, 1.54) is 24.7 Å². The molecule has 0 aliphatic carbocycles. The molecule has 1 aromatic carbocycles. The normalized spacial score (nSPS) is 18.5. The second-order valence-corrected chi connectivity index (χ2v) is 6.14. The molecular weight excluding hydrogens is 263 g/mol. The van der Waals surface area contributed by atoms with Crippen LogP contribution in [0.2, 0.25) is 0 Å². The Morgan fingerprint density at radius 1 is 1.53 bits per heavy atom. The number of hydrogen-bond donors (Lipinski definition) is 2. The molecule has 1 aliphatic rings. The Labute approximate surface area is 118 Å². The predicted octanol–water partition coefficient (Wildman–Crippen LogP) is 3.50. The first-order valence-electron chi connectivity index (χ1n) is 6.78. The van der Waals surface area contributed by atoms with E-state index in [2.05, 4.69) is 5.32 Å². The predicted molar refractivity (Wildman–Crippen MR) is 80.6 cm³/mol. The number of nitrogens with one attached hydrogen (secondary N) is 1. The molecule has 106 valence electrons. The van der Waals surface area contributed by atoms with E-state index < -0.39 is 5.82 Å². The van der Waals surface area contributed by atoms with Gasteiger partial charge in [-0.25, -0.2) is 4.39 Å². The van der Waals surface area contributed by atoms with Gasteiger partial charge < -0.3 is 15.8 Å². The lowest BCUT2D eigenvalue weighted by molar-refractivity contribution is 0.301. The fraction of sp³-hybridized carbons (Fsp3) is 0.571. The van der Waals surface area contributed by atoms with Crippen LogP contribution in [0.5, 0.6) is 5.75 Å². The fourth-order valence-corrected chi connectivity index (χ4v) is 3.27. The zero-order chi connectivity index (χ0) is 13.7. The van der Waals surface area contributed by atoms with E-state index in [1.807, 2.05) is 18.7 Å². The van der Waals surface area contributed by atoms with Crippen molar-refractivity contribution in [2.45, 2.75) is 31.4 Å². The highest BCUT2D eigenvalue weighted by atomic mass is 32.2. The van der Waals surface area contributed by atoms with E-state index >= 15 is 0 Å². The lowest BCUT2D eigenvalue weighted by atomic mass is 10.2. The summed E-state index contributed by atoms with van der Waals surface area (Å²) in [5, 5.41) is 3.94. The Balaban J connectivity index is 2.01. The smallest absolute Gasteiger partial charge is 0.167 e. The number of ether oxygens (including phenoxy) is 1. The first kappa shape index (κ1) is 14.3. The Morgan fingerprint density at radius 2 is 2.37 bits per heavy atom. The molecule has 0 radical (unpaired) electrons. The fourth-order valence-electron chi connectivity index (χ4n) is 2.07. The monoisotopic (exact) mass is 284 g/mol. The summed E-state index contributed by atoms with van der Waals surface area (Å²) in [7, 11) is 0. The molecule has 3 nitrogen and oxygen atoms in total. The van der Waals surface area contributed by atoms with Crippen molar-refractivity contribution in [3.8, 4) is 5.75 Å². The number of nitrogens with two attached hydrogens (primary N) is 1. The summed E-state index contributed by atoms with van der Waals surface area (Å²) in [5.41, 5.74) is 7.04. The molecule has 2 rings (SSSR count). The Bertz CT molecular complexity index is 422. The maximum Gasteiger partial charge on any atom is 0.167 e. The van der Waals surface area contributed by atoms with Crippen LogP contribution >= 0.6 is 11.8 Å². The number of benzene rings is 1. The minimum Gasteiger partial charge on any atom is -0.490 e. The van der Waals surface area contributed by atoms with Gasteiger partial charge in [-0.3, -0.25) is 0 Å². The summed E-state index contributed by atoms with van der Waals surface area (Å²) in [5.74, 6) is 1.11. The first-order valence-corrected chi connectivity index (χ1v) is 7.83. The molecule has 0 bridgehead atoms. The van der Waals surface area contributed by atoms with Gasteiger partial charge >= 0.3 is 0 Å². The highest BCUT2D eigenvalue weighted by Gasteiger charge is 2.16. The third-order valence-electron chi connectivity index (χ3n) is 3.11. The molecule has 3 N–H and O–H groups in total. The van der Waals surface area contributed by atoms with Crippen molar-refractivity contribution in [3.05, 3.63) is 17.9 Å². The van der Waals surface area contributed by atoms with E-state index in [0.717, 1.165) is 18.7 Å². The summed E-state index contributed by atoms with van der Waals surface area (Å²) in [6.07, 6.45) is 3.37.